The minimum absolute atomic E-state index is 0.137. The van der Waals surface area contributed by atoms with Gasteiger partial charge in [0.15, 0.2) is 0 Å². The summed E-state index contributed by atoms with van der Waals surface area (Å²) in [5.41, 5.74) is 4.45. The number of hydrogen-bond acceptors (Lipinski definition) is 5. The van der Waals surface area contributed by atoms with Gasteiger partial charge in [0.25, 0.3) is 0 Å². The maximum atomic E-state index is 14.0. The molecule has 1 fully saturated rings. The van der Waals surface area contributed by atoms with Crippen LogP contribution in [0.5, 0.6) is 5.75 Å². The number of methoxy groups -OCH3 is 1. The van der Waals surface area contributed by atoms with Crippen LogP contribution in [0.15, 0.2) is 72.8 Å². The minimum Gasteiger partial charge on any atom is -0.497 e. The van der Waals surface area contributed by atoms with Crippen LogP contribution in [0, 0.1) is 13.8 Å². The zero-order valence-electron chi connectivity index (χ0n) is 21.8. The van der Waals surface area contributed by atoms with Crippen LogP contribution < -0.4 is 15.0 Å². The lowest BCUT2D eigenvalue weighted by Gasteiger charge is -2.34. The molecule has 3 aromatic rings. The van der Waals surface area contributed by atoms with Gasteiger partial charge in [-0.05, 0) is 60.4 Å². The first kappa shape index (κ1) is 26.4. The van der Waals surface area contributed by atoms with Crippen LogP contribution >= 0.6 is 0 Å². The second-order valence-corrected chi connectivity index (χ2v) is 9.38. The van der Waals surface area contributed by atoms with Gasteiger partial charge in [0, 0.05) is 25.3 Å². The lowest BCUT2D eigenvalue weighted by molar-refractivity contribution is -0.127. The van der Waals surface area contributed by atoms with E-state index in [1.165, 1.54) is 0 Å². The Bertz CT molecular complexity index is 1170. The molecule has 194 valence electrons. The molecule has 0 aliphatic carbocycles. The van der Waals surface area contributed by atoms with Crippen molar-refractivity contribution in [2.45, 2.75) is 26.4 Å². The van der Waals surface area contributed by atoms with Crippen molar-refractivity contribution < 1.29 is 19.1 Å². The average molecular weight is 502 g/mol. The Kier molecular flexibility index (Phi) is 8.93. The topological polar surface area (TPSA) is 71.1 Å². The predicted molar refractivity (Wildman–Crippen MR) is 145 cm³/mol. The monoisotopic (exact) mass is 501 g/mol. The maximum Gasteiger partial charge on any atom is 0.248 e. The van der Waals surface area contributed by atoms with E-state index in [2.05, 4.69) is 16.3 Å². The third kappa shape index (κ3) is 6.96. The number of aryl methyl sites for hydroxylation is 2. The average Bonchev–Trinajstić information content (AvgIpc) is 2.91. The van der Waals surface area contributed by atoms with Crippen LogP contribution in [0.4, 0.5) is 5.69 Å². The van der Waals surface area contributed by atoms with Crippen molar-refractivity contribution in [2.75, 3.05) is 44.9 Å². The first-order valence-electron chi connectivity index (χ1n) is 12.6. The molecule has 0 aromatic heterocycles. The fourth-order valence-corrected chi connectivity index (χ4v) is 4.64. The van der Waals surface area contributed by atoms with Crippen LogP contribution in [0.2, 0.25) is 0 Å². The van der Waals surface area contributed by atoms with Crippen LogP contribution in [-0.4, -0.2) is 56.7 Å². The van der Waals surface area contributed by atoms with Gasteiger partial charge < -0.3 is 14.8 Å². The van der Waals surface area contributed by atoms with Gasteiger partial charge in [0.05, 0.1) is 26.9 Å². The van der Waals surface area contributed by atoms with E-state index < -0.39 is 6.04 Å². The molecule has 37 heavy (non-hydrogen) atoms. The molecule has 7 heteroatoms. The van der Waals surface area contributed by atoms with Gasteiger partial charge in [0.2, 0.25) is 11.8 Å². The van der Waals surface area contributed by atoms with Gasteiger partial charge in [-0.15, -0.1) is 0 Å². The molecule has 0 spiro atoms. The van der Waals surface area contributed by atoms with E-state index in [1.54, 1.807) is 12.0 Å². The summed E-state index contributed by atoms with van der Waals surface area (Å²) in [6, 6.07) is 22.2. The quantitative estimate of drug-likeness (QED) is 0.479. The summed E-state index contributed by atoms with van der Waals surface area (Å²) in [7, 11) is 1.60. The summed E-state index contributed by atoms with van der Waals surface area (Å²) in [6.45, 7) is 7.11. The summed E-state index contributed by atoms with van der Waals surface area (Å²) in [4.78, 5) is 31.6. The third-order valence-corrected chi connectivity index (χ3v) is 6.46. The number of nitrogens with zero attached hydrogens (tertiary/aromatic N) is 2. The SMILES string of the molecule is COc1ccc([C@H](C(=O)NCc2ccccc2)N(C(=O)CN2CCOCC2)c2cc(C)cc(C)c2)cc1. The predicted octanol–water partition coefficient (Wildman–Crippen LogP) is 4.03. The van der Waals surface area contributed by atoms with Crippen molar-refractivity contribution in [3.05, 3.63) is 95.1 Å². The smallest absolute Gasteiger partial charge is 0.248 e. The number of anilines is 1. The first-order chi connectivity index (χ1) is 17.9. The van der Waals surface area contributed by atoms with E-state index in [0.29, 0.717) is 49.8 Å². The van der Waals surface area contributed by atoms with Crippen LogP contribution in [-0.2, 0) is 20.9 Å². The molecule has 2 amide bonds. The standard InChI is InChI=1S/C30H35N3O4/c1-22-17-23(2)19-26(18-22)33(28(34)21-32-13-15-37-16-14-32)29(25-9-11-27(36-3)12-10-25)30(35)31-20-24-7-5-4-6-8-24/h4-12,17-19,29H,13-16,20-21H2,1-3H3,(H,31,35)/t29-/m1/s1. The number of rotatable bonds is 9. The zero-order valence-corrected chi connectivity index (χ0v) is 21.8. The molecular weight excluding hydrogens is 466 g/mol. The van der Waals surface area contributed by atoms with E-state index >= 15 is 0 Å². The Labute approximate surface area is 219 Å². The molecule has 3 aromatic carbocycles. The molecule has 0 unspecified atom stereocenters. The van der Waals surface area contributed by atoms with Gasteiger partial charge >= 0.3 is 0 Å². The Morgan fingerprint density at radius 2 is 1.62 bits per heavy atom. The van der Waals surface area contributed by atoms with Crippen LogP contribution in [0.25, 0.3) is 0 Å². The minimum atomic E-state index is -0.857. The molecule has 7 nitrogen and oxygen atoms in total. The Morgan fingerprint density at radius 3 is 2.24 bits per heavy atom. The van der Waals surface area contributed by atoms with E-state index in [1.807, 2.05) is 80.6 Å². The number of ether oxygens (including phenoxy) is 2. The normalized spacial score (nSPS) is 14.6. The summed E-state index contributed by atoms with van der Waals surface area (Å²) in [5.74, 6) is 0.302. The molecule has 1 heterocycles. The molecule has 1 N–H and O–H groups in total. The molecular formula is C30H35N3O4. The molecule has 0 bridgehead atoms. The second kappa shape index (κ2) is 12.5. The van der Waals surface area contributed by atoms with Gasteiger partial charge in [-0.3, -0.25) is 19.4 Å². The Hall–Kier alpha value is -3.68. The Balaban J connectivity index is 1.73. The van der Waals surface area contributed by atoms with Crippen LogP contribution in [0.1, 0.15) is 28.3 Å². The number of carbonyl (C=O) groups is 2. The highest BCUT2D eigenvalue weighted by Gasteiger charge is 2.34. The van der Waals surface area contributed by atoms with E-state index in [4.69, 9.17) is 9.47 Å². The third-order valence-electron chi connectivity index (χ3n) is 6.46. The summed E-state index contributed by atoms with van der Waals surface area (Å²) in [6.07, 6.45) is 0. The number of benzene rings is 3. The van der Waals surface area contributed by atoms with Gasteiger partial charge in [-0.2, -0.15) is 0 Å². The lowest BCUT2D eigenvalue weighted by atomic mass is 10.0. The highest BCUT2D eigenvalue weighted by Crippen LogP contribution is 2.31. The molecule has 4 rings (SSSR count). The zero-order chi connectivity index (χ0) is 26.2. The fraction of sp³-hybridized carbons (Fsp3) is 0.333. The fourth-order valence-electron chi connectivity index (χ4n) is 4.64. The van der Waals surface area contributed by atoms with Gasteiger partial charge in [-0.1, -0.05) is 48.5 Å². The summed E-state index contributed by atoms with van der Waals surface area (Å²) >= 11 is 0. The second-order valence-electron chi connectivity index (χ2n) is 9.38. The van der Waals surface area contributed by atoms with E-state index in [0.717, 1.165) is 16.7 Å². The largest absolute Gasteiger partial charge is 0.497 e. The molecule has 1 aliphatic heterocycles. The van der Waals surface area contributed by atoms with Crippen molar-refractivity contribution in [1.29, 1.82) is 0 Å². The van der Waals surface area contributed by atoms with Crippen LogP contribution in [0.3, 0.4) is 0 Å². The van der Waals surface area contributed by atoms with Crippen molar-refractivity contribution >= 4 is 17.5 Å². The number of carbonyl (C=O) groups excluding carboxylic acids is 2. The van der Waals surface area contributed by atoms with Crippen molar-refractivity contribution in [3.8, 4) is 5.75 Å². The highest BCUT2D eigenvalue weighted by atomic mass is 16.5. The van der Waals surface area contributed by atoms with E-state index in [9.17, 15) is 9.59 Å². The number of morpholine rings is 1. The lowest BCUT2D eigenvalue weighted by Crippen LogP contribution is -2.49. The highest BCUT2D eigenvalue weighted by molar-refractivity contribution is 6.02. The first-order valence-corrected chi connectivity index (χ1v) is 12.6. The maximum absolute atomic E-state index is 14.0. The molecule has 1 saturated heterocycles. The van der Waals surface area contributed by atoms with Crippen molar-refractivity contribution in [2.24, 2.45) is 0 Å². The molecule has 0 saturated carbocycles. The summed E-state index contributed by atoms with van der Waals surface area (Å²) < 4.78 is 10.8. The number of amides is 2. The van der Waals surface area contributed by atoms with E-state index in [-0.39, 0.29) is 18.4 Å². The molecule has 1 atom stereocenters. The summed E-state index contributed by atoms with van der Waals surface area (Å²) in [5, 5.41) is 3.07. The number of hydrogen-bond donors (Lipinski definition) is 1. The molecule has 0 radical (unpaired) electrons. The van der Waals surface area contributed by atoms with Crippen molar-refractivity contribution in [1.82, 2.24) is 10.2 Å². The van der Waals surface area contributed by atoms with Crippen molar-refractivity contribution in [3.63, 3.8) is 0 Å². The Morgan fingerprint density at radius 1 is 0.973 bits per heavy atom. The van der Waals surface area contributed by atoms with Gasteiger partial charge in [-0.25, -0.2) is 0 Å². The number of nitrogens with one attached hydrogen (secondary N) is 1. The molecule has 1 aliphatic rings. The van der Waals surface area contributed by atoms with Gasteiger partial charge in [0.1, 0.15) is 11.8 Å².